The van der Waals surface area contributed by atoms with E-state index >= 15 is 0 Å². The van der Waals surface area contributed by atoms with Gasteiger partial charge in [0, 0.05) is 27.1 Å². The van der Waals surface area contributed by atoms with Gasteiger partial charge in [0.25, 0.3) is 0 Å². The molecule has 0 aromatic rings. The van der Waals surface area contributed by atoms with Crippen LogP contribution in [0.5, 0.6) is 0 Å². The minimum atomic E-state index is 0.0520. The van der Waals surface area contributed by atoms with Crippen LogP contribution in [0.4, 0.5) is 0 Å². The molecule has 1 aliphatic rings. The van der Waals surface area contributed by atoms with Crippen LogP contribution < -0.4 is 0 Å². The SMILES string of the molecule is CCCCCCCC[C@@]1(CO)CC[C@H]1CC(=O)N(C)C. The summed E-state index contributed by atoms with van der Waals surface area (Å²) in [6.45, 7) is 2.49. The molecule has 20 heavy (non-hydrogen) atoms. The first kappa shape index (κ1) is 17.5. The molecule has 3 nitrogen and oxygen atoms in total. The van der Waals surface area contributed by atoms with Gasteiger partial charge in [-0.15, -0.1) is 0 Å². The minimum Gasteiger partial charge on any atom is -0.396 e. The lowest BCUT2D eigenvalue weighted by atomic mass is 9.57. The van der Waals surface area contributed by atoms with Gasteiger partial charge < -0.3 is 10.0 Å². The van der Waals surface area contributed by atoms with Gasteiger partial charge in [0.15, 0.2) is 0 Å². The summed E-state index contributed by atoms with van der Waals surface area (Å²) in [5, 5.41) is 9.77. The molecule has 1 saturated carbocycles. The molecule has 0 radical (unpaired) electrons. The van der Waals surface area contributed by atoms with Crippen molar-refractivity contribution in [3.8, 4) is 0 Å². The maximum Gasteiger partial charge on any atom is 0.222 e. The van der Waals surface area contributed by atoms with Gasteiger partial charge in [-0.25, -0.2) is 0 Å². The number of amides is 1. The van der Waals surface area contributed by atoms with E-state index in [1.165, 1.54) is 38.5 Å². The first-order valence-electron chi connectivity index (χ1n) is 8.36. The Morgan fingerprint density at radius 1 is 1.20 bits per heavy atom. The number of hydrogen-bond acceptors (Lipinski definition) is 2. The van der Waals surface area contributed by atoms with Crippen molar-refractivity contribution in [1.29, 1.82) is 0 Å². The molecule has 0 aromatic carbocycles. The molecule has 1 N–H and O–H groups in total. The average molecular weight is 283 g/mol. The Balaban J connectivity index is 2.30. The average Bonchev–Trinajstić information content (AvgIpc) is 2.42. The van der Waals surface area contributed by atoms with Crippen LogP contribution in [0.15, 0.2) is 0 Å². The topological polar surface area (TPSA) is 40.5 Å². The lowest BCUT2D eigenvalue weighted by Gasteiger charge is -2.49. The second-order valence-corrected chi connectivity index (χ2v) is 6.77. The van der Waals surface area contributed by atoms with Crippen LogP contribution in [0.3, 0.4) is 0 Å². The third-order valence-electron chi connectivity index (χ3n) is 5.12. The molecule has 1 rings (SSSR count). The van der Waals surface area contributed by atoms with E-state index in [1.807, 2.05) is 14.1 Å². The van der Waals surface area contributed by atoms with Gasteiger partial charge in [-0.2, -0.15) is 0 Å². The summed E-state index contributed by atoms with van der Waals surface area (Å²) in [5.74, 6) is 0.605. The Hall–Kier alpha value is -0.570. The second-order valence-electron chi connectivity index (χ2n) is 6.77. The molecule has 0 saturated heterocycles. The zero-order chi connectivity index (χ0) is 15.0. The summed E-state index contributed by atoms with van der Waals surface area (Å²) < 4.78 is 0. The van der Waals surface area contributed by atoms with Crippen LogP contribution in [0.25, 0.3) is 0 Å². The van der Waals surface area contributed by atoms with Crippen LogP contribution in [0, 0.1) is 11.3 Å². The van der Waals surface area contributed by atoms with E-state index in [2.05, 4.69) is 6.92 Å². The fraction of sp³-hybridized carbons (Fsp3) is 0.941. The maximum absolute atomic E-state index is 11.8. The number of aliphatic hydroxyl groups is 1. The van der Waals surface area contributed by atoms with Crippen molar-refractivity contribution >= 4 is 5.91 Å². The molecule has 1 fully saturated rings. The van der Waals surface area contributed by atoms with Crippen molar-refractivity contribution in [2.75, 3.05) is 20.7 Å². The Morgan fingerprint density at radius 3 is 2.35 bits per heavy atom. The van der Waals surface area contributed by atoms with Crippen molar-refractivity contribution < 1.29 is 9.90 Å². The quantitative estimate of drug-likeness (QED) is 0.622. The molecule has 1 aliphatic carbocycles. The van der Waals surface area contributed by atoms with Gasteiger partial charge in [0.2, 0.25) is 5.91 Å². The Bertz CT molecular complexity index is 287. The molecule has 0 spiro atoms. The second kappa shape index (κ2) is 8.66. The highest BCUT2D eigenvalue weighted by molar-refractivity contribution is 5.76. The van der Waals surface area contributed by atoms with Gasteiger partial charge in [0.1, 0.15) is 0 Å². The standard InChI is InChI=1S/C17H33NO2/c1-4-5-6-7-8-9-11-17(14-19)12-10-15(17)13-16(20)18(2)3/h15,19H,4-14H2,1-3H3/t15-,17-/m0/s1. The van der Waals surface area contributed by atoms with E-state index in [0.717, 1.165) is 19.3 Å². The number of nitrogens with zero attached hydrogens (tertiary/aromatic N) is 1. The fourth-order valence-electron chi connectivity index (χ4n) is 3.34. The summed E-state index contributed by atoms with van der Waals surface area (Å²) in [6, 6.07) is 0. The third kappa shape index (κ3) is 4.76. The Kier molecular flexibility index (Phi) is 7.57. The molecular formula is C17H33NO2. The summed E-state index contributed by atoms with van der Waals surface area (Å²) >= 11 is 0. The summed E-state index contributed by atoms with van der Waals surface area (Å²) in [6.07, 6.45) is 11.7. The lowest BCUT2D eigenvalue weighted by molar-refractivity contribution is -0.134. The van der Waals surface area contributed by atoms with Crippen LogP contribution in [0.1, 0.15) is 71.1 Å². The monoisotopic (exact) mass is 283 g/mol. The van der Waals surface area contributed by atoms with Gasteiger partial charge in [0.05, 0.1) is 0 Å². The molecule has 0 unspecified atom stereocenters. The van der Waals surface area contributed by atoms with Gasteiger partial charge in [-0.3, -0.25) is 4.79 Å². The van der Waals surface area contributed by atoms with Crippen molar-refractivity contribution in [3.63, 3.8) is 0 Å². The van der Waals surface area contributed by atoms with E-state index in [1.54, 1.807) is 4.90 Å². The van der Waals surface area contributed by atoms with Crippen LogP contribution in [-0.2, 0) is 4.79 Å². The van der Waals surface area contributed by atoms with Gasteiger partial charge in [-0.1, -0.05) is 45.4 Å². The highest BCUT2D eigenvalue weighted by atomic mass is 16.3. The van der Waals surface area contributed by atoms with E-state index in [9.17, 15) is 9.90 Å². The predicted octanol–water partition coefficient (Wildman–Crippen LogP) is 3.60. The van der Waals surface area contributed by atoms with E-state index in [4.69, 9.17) is 0 Å². The summed E-state index contributed by atoms with van der Waals surface area (Å²) in [5.41, 5.74) is 0.0520. The van der Waals surface area contributed by atoms with Crippen molar-refractivity contribution in [3.05, 3.63) is 0 Å². The number of carbonyl (C=O) groups excluding carboxylic acids is 1. The molecule has 0 bridgehead atoms. The van der Waals surface area contributed by atoms with E-state index < -0.39 is 0 Å². The molecule has 0 aliphatic heterocycles. The summed E-state index contributed by atoms with van der Waals surface area (Å²) in [4.78, 5) is 13.5. The van der Waals surface area contributed by atoms with Crippen LogP contribution in [-0.4, -0.2) is 36.6 Å². The summed E-state index contributed by atoms with van der Waals surface area (Å²) in [7, 11) is 3.63. The van der Waals surface area contributed by atoms with Gasteiger partial charge in [-0.05, 0) is 30.6 Å². The molecular weight excluding hydrogens is 250 g/mol. The van der Waals surface area contributed by atoms with Crippen molar-refractivity contribution in [2.45, 2.75) is 71.1 Å². The minimum absolute atomic E-state index is 0.0520. The smallest absolute Gasteiger partial charge is 0.222 e. The highest BCUT2D eigenvalue weighted by Crippen LogP contribution is 2.51. The van der Waals surface area contributed by atoms with Crippen molar-refractivity contribution in [2.24, 2.45) is 11.3 Å². The number of rotatable bonds is 10. The van der Waals surface area contributed by atoms with Crippen LogP contribution >= 0.6 is 0 Å². The van der Waals surface area contributed by atoms with E-state index in [0.29, 0.717) is 12.3 Å². The molecule has 118 valence electrons. The van der Waals surface area contributed by atoms with Crippen LogP contribution in [0.2, 0.25) is 0 Å². The van der Waals surface area contributed by atoms with E-state index in [-0.39, 0.29) is 17.9 Å². The highest BCUT2D eigenvalue weighted by Gasteiger charge is 2.46. The Labute approximate surface area is 124 Å². The maximum atomic E-state index is 11.8. The fourth-order valence-corrected chi connectivity index (χ4v) is 3.34. The third-order valence-corrected chi connectivity index (χ3v) is 5.12. The number of hydrogen-bond donors (Lipinski definition) is 1. The normalized spacial score (nSPS) is 25.3. The molecule has 2 atom stereocenters. The molecule has 1 amide bonds. The predicted molar refractivity (Wildman–Crippen MR) is 83.5 cm³/mol. The van der Waals surface area contributed by atoms with Gasteiger partial charge >= 0.3 is 0 Å². The molecule has 0 heterocycles. The molecule has 3 heteroatoms. The number of carbonyl (C=O) groups is 1. The number of aliphatic hydroxyl groups excluding tert-OH is 1. The Morgan fingerprint density at radius 2 is 1.85 bits per heavy atom. The first-order valence-corrected chi connectivity index (χ1v) is 8.36. The lowest BCUT2D eigenvalue weighted by Crippen LogP contribution is -2.45. The largest absolute Gasteiger partial charge is 0.396 e. The molecule has 0 aromatic heterocycles. The first-order chi connectivity index (χ1) is 9.55. The van der Waals surface area contributed by atoms with Crippen molar-refractivity contribution in [1.82, 2.24) is 4.90 Å². The zero-order valence-corrected chi connectivity index (χ0v) is 13.7. The number of unbranched alkanes of at least 4 members (excludes halogenated alkanes) is 5. The zero-order valence-electron chi connectivity index (χ0n) is 13.7.